The van der Waals surface area contributed by atoms with Crippen LogP contribution in [0.25, 0.3) is 0 Å². The number of piperidine rings is 1. The molecule has 18 heavy (non-hydrogen) atoms. The first kappa shape index (κ1) is 13.8. The SMILES string of the molecule is CC1CC(C(=O)N2CCC(OCCO)CC2)CO1. The van der Waals surface area contributed by atoms with Crippen molar-refractivity contribution in [1.82, 2.24) is 4.90 Å². The van der Waals surface area contributed by atoms with E-state index in [1.54, 1.807) is 0 Å². The molecule has 2 atom stereocenters. The predicted octanol–water partition coefficient (Wildman–Crippen LogP) is 0.411. The molecule has 2 rings (SSSR count). The molecule has 0 aromatic rings. The highest BCUT2D eigenvalue weighted by Crippen LogP contribution is 2.23. The van der Waals surface area contributed by atoms with Gasteiger partial charge in [-0.1, -0.05) is 0 Å². The molecule has 0 aliphatic carbocycles. The molecule has 0 spiro atoms. The zero-order chi connectivity index (χ0) is 13.0. The average molecular weight is 257 g/mol. The van der Waals surface area contributed by atoms with E-state index >= 15 is 0 Å². The largest absolute Gasteiger partial charge is 0.394 e. The third-order valence-corrected chi connectivity index (χ3v) is 3.75. The highest BCUT2D eigenvalue weighted by atomic mass is 16.5. The molecule has 2 saturated heterocycles. The Morgan fingerprint density at radius 1 is 1.44 bits per heavy atom. The molecule has 0 saturated carbocycles. The van der Waals surface area contributed by atoms with E-state index in [0.29, 0.717) is 13.2 Å². The molecule has 5 heteroatoms. The van der Waals surface area contributed by atoms with E-state index in [0.717, 1.165) is 32.4 Å². The zero-order valence-electron chi connectivity index (χ0n) is 11.0. The van der Waals surface area contributed by atoms with Gasteiger partial charge in [-0.15, -0.1) is 0 Å². The van der Waals surface area contributed by atoms with Crippen molar-refractivity contribution in [1.29, 1.82) is 0 Å². The smallest absolute Gasteiger partial charge is 0.228 e. The predicted molar refractivity (Wildman–Crippen MR) is 66.2 cm³/mol. The lowest BCUT2D eigenvalue weighted by atomic mass is 10.0. The molecule has 2 aliphatic heterocycles. The van der Waals surface area contributed by atoms with Gasteiger partial charge in [0.05, 0.1) is 37.9 Å². The number of aliphatic hydroxyl groups is 1. The Morgan fingerprint density at radius 3 is 2.72 bits per heavy atom. The van der Waals surface area contributed by atoms with Gasteiger partial charge in [0.15, 0.2) is 0 Å². The van der Waals surface area contributed by atoms with E-state index in [-0.39, 0.29) is 30.6 Å². The van der Waals surface area contributed by atoms with Crippen LogP contribution in [0.1, 0.15) is 26.2 Å². The van der Waals surface area contributed by atoms with Crippen molar-refractivity contribution in [2.24, 2.45) is 5.92 Å². The zero-order valence-corrected chi connectivity index (χ0v) is 11.0. The van der Waals surface area contributed by atoms with Crippen molar-refractivity contribution in [3.63, 3.8) is 0 Å². The Kier molecular flexibility index (Phi) is 4.97. The van der Waals surface area contributed by atoms with Crippen LogP contribution in [0.4, 0.5) is 0 Å². The number of carbonyl (C=O) groups excluding carboxylic acids is 1. The number of rotatable bonds is 4. The molecule has 0 radical (unpaired) electrons. The first-order valence-corrected chi connectivity index (χ1v) is 6.83. The van der Waals surface area contributed by atoms with E-state index in [9.17, 15) is 4.79 Å². The summed E-state index contributed by atoms with van der Waals surface area (Å²) >= 11 is 0. The van der Waals surface area contributed by atoms with Crippen LogP contribution in [0, 0.1) is 5.92 Å². The van der Waals surface area contributed by atoms with Gasteiger partial charge in [-0.3, -0.25) is 4.79 Å². The van der Waals surface area contributed by atoms with E-state index < -0.39 is 0 Å². The van der Waals surface area contributed by atoms with Gasteiger partial charge in [-0.05, 0) is 26.2 Å². The van der Waals surface area contributed by atoms with Crippen molar-refractivity contribution in [2.45, 2.75) is 38.4 Å². The molecular formula is C13H23NO4. The van der Waals surface area contributed by atoms with E-state index in [4.69, 9.17) is 14.6 Å². The lowest BCUT2D eigenvalue weighted by Gasteiger charge is -2.33. The molecule has 2 aliphatic rings. The molecular weight excluding hydrogens is 234 g/mol. The highest BCUT2D eigenvalue weighted by molar-refractivity contribution is 5.79. The lowest BCUT2D eigenvalue weighted by Crippen LogP contribution is -2.44. The summed E-state index contributed by atoms with van der Waals surface area (Å²) < 4.78 is 10.9. The topological polar surface area (TPSA) is 59.0 Å². The normalized spacial score (nSPS) is 29.8. The number of carbonyl (C=O) groups is 1. The Hall–Kier alpha value is -0.650. The Labute approximate surface area is 108 Å². The quantitative estimate of drug-likeness (QED) is 0.792. The maximum atomic E-state index is 12.2. The third-order valence-electron chi connectivity index (χ3n) is 3.75. The standard InChI is InChI=1S/C13H23NO4/c1-10-8-11(9-18-10)13(16)14-4-2-12(3-5-14)17-7-6-15/h10-12,15H,2-9H2,1H3. The second-order valence-electron chi connectivity index (χ2n) is 5.20. The van der Waals surface area contributed by atoms with Crippen LogP contribution in [0.3, 0.4) is 0 Å². The summed E-state index contributed by atoms with van der Waals surface area (Å²) in [6.45, 7) is 4.58. The summed E-state index contributed by atoms with van der Waals surface area (Å²) in [5.41, 5.74) is 0. The summed E-state index contributed by atoms with van der Waals surface area (Å²) in [5.74, 6) is 0.287. The maximum Gasteiger partial charge on any atom is 0.228 e. The minimum absolute atomic E-state index is 0.0508. The number of hydrogen-bond acceptors (Lipinski definition) is 4. The van der Waals surface area contributed by atoms with Gasteiger partial charge in [0.2, 0.25) is 5.91 Å². The molecule has 2 heterocycles. The van der Waals surface area contributed by atoms with Gasteiger partial charge in [-0.25, -0.2) is 0 Å². The second kappa shape index (κ2) is 6.50. The molecule has 2 fully saturated rings. The number of amides is 1. The third kappa shape index (κ3) is 3.43. The summed E-state index contributed by atoms with van der Waals surface area (Å²) in [5, 5.41) is 8.70. The van der Waals surface area contributed by atoms with Gasteiger partial charge in [-0.2, -0.15) is 0 Å². The van der Waals surface area contributed by atoms with Gasteiger partial charge >= 0.3 is 0 Å². The van der Waals surface area contributed by atoms with Crippen molar-refractivity contribution in [3.05, 3.63) is 0 Å². The number of hydrogen-bond donors (Lipinski definition) is 1. The van der Waals surface area contributed by atoms with Crippen LogP contribution in [-0.2, 0) is 14.3 Å². The van der Waals surface area contributed by atoms with Crippen LogP contribution >= 0.6 is 0 Å². The number of aliphatic hydroxyl groups excluding tert-OH is 1. The Balaban J connectivity index is 1.73. The van der Waals surface area contributed by atoms with Crippen molar-refractivity contribution in [3.8, 4) is 0 Å². The maximum absolute atomic E-state index is 12.2. The first-order chi connectivity index (χ1) is 8.70. The fraction of sp³-hybridized carbons (Fsp3) is 0.923. The monoisotopic (exact) mass is 257 g/mol. The van der Waals surface area contributed by atoms with Gasteiger partial charge < -0.3 is 19.5 Å². The minimum atomic E-state index is 0.0508. The summed E-state index contributed by atoms with van der Waals surface area (Å²) in [7, 11) is 0. The molecule has 0 aromatic carbocycles. The Morgan fingerprint density at radius 2 is 2.17 bits per heavy atom. The highest BCUT2D eigenvalue weighted by Gasteiger charge is 2.33. The molecule has 2 unspecified atom stereocenters. The van der Waals surface area contributed by atoms with E-state index in [2.05, 4.69) is 0 Å². The van der Waals surface area contributed by atoms with Crippen molar-refractivity contribution in [2.75, 3.05) is 32.9 Å². The van der Waals surface area contributed by atoms with E-state index in [1.165, 1.54) is 0 Å². The fourth-order valence-corrected chi connectivity index (χ4v) is 2.71. The van der Waals surface area contributed by atoms with Gasteiger partial charge in [0, 0.05) is 13.1 Å². The fourth-order valence-electron chi connectivity index (χ4n) is 2.71. The van der Waals surface area contributed by atoms with Crippen LogP contribution in [-0.4, -0.2) is 61.0 Å². The Bertz CT molecular complexity index is 276. The summed E-state index contributed by atoms with van der Waals surface area (Å²) in [6.07, 6.45) is 2.99. The van der Waals surface area contributed by atoms with Gasteiger partial charge in [0.25, 0.3) is 0 Å². The van der Waals surface area contributed by atoms with Crippen LogP contribution in [0.2, 0.25) is 0 Å². The van der Waals surface area contributed by atoms with Crippen LogP contribution in [0.5, 0.6) is 0 Å². The number of nitrogens with zero attached hydrogens (tertiary/aromatic N) is 1. The molecule has 0 bridgehead atoms. The lowest BCUT2D eigenvalue weighted by molar-refractivity contribution is -0.138. The van der Waals surface area contributed by atoms with Crippen LogP contribution < -0.4 is 0 Å². The van der Waals surface area contributed by atoms with Gasteiger partial charge in [0.1, 0.15) is 0 Å². The number of likely N-dealkylation sites (tertiary alicyclic amines) is 1. The van der Waals surface area contributed by atoms with E-state index in [1.807, 2.05) is 11.8 Å². The first-order valence-electron chi connectivity index (χ1n) is 6.83. The second-order valence-corrected chi connectivity index (χ2v) is 5.20. The molecule has 1 amide bonds. The summed E-state index contributed by atoms with van der Waals surface area (Å²) in [4.78, 5) is 14.2. The molecule has 1 N–H and O–H groups in total. The minimum Gasteiger partial charge on any atom is -0.394 e. The van der Waals surface area contributed by atoms with Crippen LogP contribution in [0.15, 0.2) is 0 Å². The average Bonchev–Trinajstić information content (AvgIpc) is 2.83. The van der Waals surface area contributed by atoms with Crippen molar-refractivity contribution < 1.29 is 19.4 Å². The molecule has 5 nitrogen and oxygen atoms in total. The molecule has 104 valence electrons. The van der Waals surface area contributed by atoms with Crippen molar-refractivity contribution >= 4 is 5.91 Å². The number of ether oxygens (including phenoxy) is 2. The summed E-state index contributed by atoms with van der Waals surface area (Å²) in [6, 6.07) is 0. The molecule has 0 aromatic heterocycles.